The van der Waals surface area contributed by atoms with Crippen molar-refractivity contribution in [3.63, 3.8) is 0 Å². The largest absolute Gasteiger partial charge is 0.477 e. The number of rotatable bonds is 8. The molecule has 0 spiro atoms. The Hall–Kier alpha value is -2.70. The molecule has 1 saturated heterocycles. The number of tetrazole rings is 1. The predicted molar refractivity (Wildman–Crippen MR) is 113 cm³/mol. The number of aromatic nitrogens is 4. The lowest BCUT2D eigenvalue weighted by Crippen LogP contribution is -2.71. The van der Waals surface area contributed by atoms with Gasteiger partial charge in [-0.05, 0) is 16.0 Å². The molecule has 0 saturated carbocycles. The molecule has 0 bridgehead atoms. The topological polar surface area (TPSA) is 191 Å². The second-order valence-electron chi connectivity index (χ2n) is 6.69. The van der Waals surface area contributed by atoms with Crippen molar-refractivity contribution in [2.75, 3.05) is 11.5 Å². The van der Waals surface area contributed by atoms with Crippen LogP contribution < -0.4 is 5.32 Å². The first-order chi connectivity index (χ1) is 15.1. The van der Waals surface area contributed by atoms with Crippen LogP contribution in [0.1, 0.15) is 0 Å². The molecule has 1 aromatic rings. The van der Waals surface area contributed by atoms with E-state index < -0.39 is 44.7 Å². The van der Waals surface area contributed by atoms with E-state index in [0.29, 0.717) is 5.57 Å². The van der Waals surface area contributed by atoms with Crippen LogP contribution in [0.4, 0.5) is 0 Å². The number of hydrogen-bond acceptors (Lipinski definition) is 11. The van der Waals surface area contributed by atoms with Crippen molar-refractivity contribution >= 4 is 62.7 Å². The number of fused-ring (bicyclic) bond motifs is 1. The lowest BCUT2D eigenvalue weighted by atomic mass is 10.00. The Labute approximate surface area is 194 Å². The fourth-order valence-corrected chi connectivity index (χ4v) is 6.21. The summed E-state index contributed by atoms with van der Waals surface area (Å²) in [4.78, 5) is 25.9. The van der Waals surface area contributed by atoms with E-state index in [0.717, 1.165) is 21.3 Å². The van der Waals surface area contributed by atoms with Crippen LogP contribution in [-0.2, 0) is 25.6 Å². The van der Waals surface area contributed by atoms with Gasteiger partial charge in [0.05, 0.1) is 0 Å². The Morgan fingerprint density at radius 3 is 2.81 bits per heavy atom. The van der Waals surface area contributed by atoms with Crippen LogP contribution in [0.2, 0.25) is 0 Å². The number of aliphatic carboxylic acids is 1. The van der Waals surface area contributed by atoms with Crippen molar-refractivity contribution in [1.82, 2.24) is 30.4 Å². The minimum Gasteiger partial charge on any atom is -0.477 e. The smallest absolute Gasteiger partial charge is 0.352 e. The monoisotopic (exact) mass is 513 g/mol. The van der Waals surface area contributed by atoms with Gasteiger partial charge < -0.3 is 10.4 Å². The highest BCUT2D eigenvalue weighted by molar-refractivity contribution is 8.01. The first kappa shape index (κ1) is 22.5. The number of amides is 1. The number of thiocarbonyl (C=S) groups is 1. The zero-order chi connectivity index (χ0) is 23.3. The van der Waals surface area contributed by atoms with Crippen LogP contribution in [0.15, 0.2) is 16.4 Å². The molecule has 3 heterocycles. The van der Waals surface area contributed by atoms with E-state index in [4.69, 9.17) is 22.0 Å². The summed E-state index contributed by atoms with van der Waals surface area (Å²) in [6.45, 7) is 0. The number of nitrogens with one attached hydrogen (secondary N) is 1. The number of thioether (sulfide) groups is 2. The maximum Gasteiger partial charge on any atom is 0.352 e. The summed E-state index contributed by atoms with van der Waals surface area (Å²) in [5.41, 5.74) is -0.991. The van der Waals surface area contributed by atoms with E-state index in [2.05, 4.69) is 32.7 Å². The van der Waals surface area contributed by atoms with Crippen molar-refractivity contribution in [3.8, 4) is 17.9 Å². The number of carbonyl (C=O) groups is 2. The molecule has 3 N–H and O–H groups in total. The number of hydrogen-bond donors (Lipinski definition) is 3. The molecule has 1 aromatic heterocycles. The van der Waals surface area contributed by atoms with Gasteiger partial charge in [-0.1, -0.05) is 35.8 Å². The summed E-state index contributed by atoms with van der Waals surface area (Å²) < 4.78 is 32.0. The van der Waals surface area contributed by atoms with Gasteiger partial charge in [0, 0.05) is 11.5 Å². The molecule has 1 aliphatic carbocycles. The van der Waals surface area contributed by atoms with Crippen molar-refractivity contribution in [1.29, 1.82) is 5.26 Å². The van der Waals surface area contributed by atoms with Crippen LogP contribution in [0.25, 0.3) is 0 Å². The molecule has 3 aliphatic rings. The quantitative estimate of drug-likeness (QED) is 0.122. The van der Waals surface area contributed by atoms with E-state index in [1.54, 1.807) is 0 Å². The fourth-order valence-electron chi connectivity index (χ4n) is 3.01. The standard InChI is InChI=1S/C15H11N7O6S4/c16-5-15(1-2-15)13(29)17-8-10(23)22-9(12(24)25)7(3-30-11(8)22)4-31-14-18-19-20-21(14)6-32(26,27)28/h8,11H,3-4,6H2,(H,17,29)(H,24,25)(H,26,27,28)/t8?,11-/m0/s1. The van der Waals surface area contributed by atoms with Gasteiger partial charge in [0.15, 0.2) is 5.88 Å². The average Bonchev–Trinajstić information content (AvgIpc) is 3.42. The maximum atomic E-state index is 12.7. The molecule has 17 heteroatoms. The van der Waals surface area contributed by atoms with Gasteiger partial charge in [-0.15, -0.1) is 16.9 Å². The number of carboxylic acid groups (broad SMARTS) is 1. The van der Waals surface area contributed by atoms with Gasteiger partial charge >= 0.3 is 5.97 Å². The summed E-state index contributed by atoms with van der Waals surface area (Å²) >= 11 is 7.45. The van der Waals surface area contributed by atoms with Crippen molar-refractivity contribution in [2.45, 2.75) is 22.4 Å². The Morgan fingerprint density at radius 1 is 1.50 bits per heavy atom. The zero-order valence-electron chi connectivity index (χ0n) is 15.6. The SMILES string of the molecule is N#CC1(C(=S)NC2C(=O)N3C(C(=O)O)=C(CSc4nnnn4CS(=O)(=O)O)CS[C@@H]23)C#C1. The third-order valence-corrected chi connectivity index (χ3v) is 7.96. The molecule has 166 valence electrons. The number of carboxylic acids is 1. The molecule has 13 nitrogen and oxygen atoms in total. The highest BCUT2D eigenvalue weighted by atomic mass is 32.2. The lowest BCUT2D eigenvalue weighted by Gasteiger charge is -2.50. The molecular weight excluding hydrogens is 502 g/mol. The van der Waals surface area contributed by atoms with Crippen LogP contribution >= 0.6 is 35.7 Å². The van der Waals surface area contributed by atoms with Gasteiger partial charge in [-0.2, -0.15) is 13.7 Å². The third-order valence-electron chi connectivity index (χ3n) is 4.58. The Kier molecular flexibility index (Phi) is 5.63. The van der Waals surface area contributed by atoms with Gasteiger partial charge in [0.25, 0.3) is 16.0 Å². The molecule has 32 heavy (non-hydrogen) atoms. The lowest BCUT2D eigenvalue weighted by molar-refractivity contribution is -0.148. The van der Waals surface area contributed by atoms with Gasteiger partial charge in [-0.25, -0.2) is 9.48 Å². The number of β-lactam (4-membered cyclic amide) rings is 1. The Morgan fingerprint density at radius 2 is 2.22 bits per heavy atom. The molecule has 2 atom stereocenters. The summed E-state index contributed by atoms with van der Waals surface area (Å²) in [5.74, 6) is 2.88. The molecule has 1 fully saturated rings. The second-order valence-corrected chi connectivity index (χ2v) is 10.6. The van der Waals surface area contributed by atoms with E-state index in [1.165, 1.54) is 11.8 Å². The normalized spacial score (nSPS) is 22.8. The van der Waals surface area contributed by atoms with E-state index in [1.807, 2.05) is 6.07 Å². The van der Waals surface area contributed by atoms with Gasteiger partial charge in [0.1, 0.15) is 28.2 Å². The zero-order valence-corrected chi connectivity index (χ0v) is 18.9. The average molecular weight is 514 g/mol. The van der Waals surface area contributed by atoms with E-state index >= 15 is 0 Å². The summed E-state index contributed by atoms with van der Waals surface area (Å²) in [5, 5.41) is 31.7. The molecule has 1 amide bonds. The van der Waals surface area contributed by atoms with Crippen LogP contribution in [0, 0.1) is 28.6 Å². The molecule has 4 rings (SSSR count). The van der Waals surface area contributed by atoms with Gasteiger partial charge in [-0.3, -0.25) is 14.2 Å². The van der Waals surface area contributed by atoms with Crippen LogP contribution in [0.5, 0.6) is 0 Å². The second kappa shape index (κ2) is 8.01. The fraction of sp³-hybridized carbons (Fsp3) is 0.400. The first-order valence-corrected chi connectivity index (χ1v) is 12.6. The molecule has 2 aliphatic heterocycles. The summed E-state index contributed by atoms with van der Waals surface area (Å²) in [6.07, 6.45) is 0. The van der Waals surface area contributed by atoms with Crippen molar-refractivity contribution in [2.24, 2.45) is 5.41 Å². The number of nitrogens with zero attached hydrogens (tertiary/aromatic N) is 6. The minimum absolute atomic E-state index is 0.0538. The maximum absolute atomic E-state index is 12.7. The first-order valence-electron chi connectivity index (χ1n) is 8.57. The predicted octanol–water partition coefficient (Wildman–Crippen LogP) is -1.32. The molecule has 0 radical (unpaired) electrons. The van der Waals surface area contributed by atoms with E-state index in [9.17, 15) is 23.1 Å². The van der Waals surface area contributed by atoms with Crippen LogP contribution in [-0.4, -0.2) is 83.0 Å². The van der Waals surface area contributed by atoms with Crippen molar-refractivity contribution < 1.29 is 27.7 Å². The molecular formula is C15H11N7O6S4. The van der Waals surface area contributed by atoms with Gasteiger partial charge in [0.2, 0.25) is 10.6 Å². The number of carbonyl (C=O) groups excluding carboxylic acids is 1. The highest BCUT2D eigenvalue weighted by Gasteiger charge is 2.55. The summed E-state index contributed by atoms with van der Waals surface area (Å²) in [6, 6.07) is 1.16. The van der Waals surface area contributed by atoms with Crippen molar-refractivity contribution in [3.05, 3.63) is 11.3 Å². The van der Waals surface area contributed by atoms with E-state index in [-0.39, 0.29) is 27.3 Å². The van der Waals surface area contributed by atoms with Crippen LogP contribution in [0.3, 0.4) is 0 Å². The summed E-state index contributed by atoms with van der Waals surface area (Å²) in [7, 11) is -4.38. The minimum atomic E-state index is -4.38. The Bertz CT molecular complexity index is 1280. The third kappa shape index (κ3) is 4.05. The highest BCUT2D eigenvalue weighted by Crippen LogP contribution is 2.42. The number of nitriles is 1. The Balaban J connectivity index is 1.48. The molecule has 1 unspecified atom stereocenters. The molecule has 0 aromatic carbocycles.